The third kappa shape index (κ3) is 5.20. The topological polar surface area (TPSA) is 35.5 Å². The number of benzene rings is 3. The van der Waals surface area contributed by atoms with Gasteiger partial charge in [-0.3, -0.25) is 0 Å². The molecule has 0 radical (unpaired) electrons. The summed E-state index contributed by atoms with van der Waals surface area (Å²) in [4.78, 5) is 11.0. The van der Waals surface area contributed by atoms with Gasteiger partial charge in [-0.2, -0.15) is 0 Å². The number of hydrogen-bond acceptors (Lipinski definition) is 3. The Morgan fingerprint density at radius 1 is 0.778 bits per heavy atom. The molecule has 0 heterocycles. The van der Waals surface area contributed by atoms with Gasteiger partial charge in [0.1, 0.15) is 19.5 Å². The van der Waals surface area contributed by atoms with Crippen LogP contribution in [0.3, 0.4) is 0 Å². The quantitative estimate of drug-likeness (QED) is 0.470. The van der Waals surface area contributed by atoms with Crippen molar-refractivity contribution in [3.05, 3.63) is 95.6 Å². The van der Waals surface area contributed by atoms with Crippen LogP contribution in [0.4, 0.5) is 0 Å². The van der Waals surface area contributed by atoms with Crippen molar-refractivity contribution < 1.29 is 14.3 Å². The molecule has 0 spiro atoms. The van der Waals surface area contributed by atoms with Crippen LogP contribution in [0.5, 0.6) is 11.5 Å². The number of para-hydroxylation sites is 1. The van der Waals surface area contributed by atoms with Crippen molar-refractivity contribution in [3.8, 4) is 11.5 Å². The molecular formula is C24H24O3. The van der Waals surface area contributed by atoms with Gasteiger partial charge in [0.05, 0.1) is 0 Å². The molecule has 3 nitrogen and oxygen atoms in total. The molecule has 138 valence electrons. The molecule has 3 heteroatoms. The monoisotopic (exact) mass is 360 g/mol. The van der Waals surface area contributed by atoms with E-state index in [4.69, 9.17) is 9.47 Å². The van der Waals surface area contributed by atoms with E-state index in [2.05, 4.69) is 0 Å². The Labute approximate surface area is 160 Å². The van der Waals surface area contributed by atoms with E-state index >= 15 is 0 Å². The first-order valence-corrected chi connectivity index (χ1v) is 9.18. The van der Waals surface area contributed by atoms with E-state index in [1.807, 2.05) is 85.8 Å². The Balaban J connectivity index is 1.84. The summed E-state index contributed by atoms with van der Waals surface area (Å²) in [5.41, 5.74) is 3.17. The third-order valence-electron chi connectivity index (χ3n) is 4.45. The second-order valence-corrected chi connectivity index (χ2v) is 6.53. The van der Waals surface area contributed by atoms with Crippen molar-refractivity contribution in [1.82, 2.24) is 0 Å². The fourth-order valence-electron chi connectivity index (χ4n) is 2.93. The predicted octanol–water partition coefficient (Wildman–Crippen LogP) is 5.54. The van der Waals surface area contributed by atoms with Crippen molar-refractivity contribution in [1.29, 1.82) is 0 Å². The lowest BCUT2D eigenvalue weighted by Gasteiger charge is -2.19. The molecule has 0 aliphatic carbocycles. The second-order valence-electron chi connectivity index (χ2n) is 6.53. The minimum absolute atomic E-state index is 0.0635. The Morgan fingerprint density at radius 2 is 1.37 bits per heavy atom. The molecular weight excluding hydrogens is 336 g/mol. The largest absolute Gasteiger partial charge is 0.485 e. The van der Waals surface area contributed by atoms with E-state index < -0.39 is 0 Å². The number of carbonyl (C=O) groups is 1. The van der Waals surface area contributed by atoms with Crippen LogP contribution in [-0.2, 0) is 18.0 Å². The van der Waals surface area contributed by atoms with Crippen molar-refractivity contribution in [2.75, 3.05) is 0 Å². The molecule has 27 heavy (non-hydrogen) atoms. The fourth-order valence-corrected chi connectivity index (χ4v) is 2.93. The summed E-state index contributed by atoms with van der Waals surface area (Å²) in [7, 11) is 0. The normalized spacial score (nSPS) is 11.6. The number of carbonyl (C=O) groups excluding carboxylic acids is 1. The smallest absolute Gasteiger partial charge is 0.165 e. The number of hydrogen-bond donors (Lipinski definition) is 0. The van der Waals surface area contributed by atoms with E-state index in [-0.39, 0.29) is 5.92 Å². The zero-order valence-electron chi connectivity index (χ0n) is 15.5. The van der Waals surface area contributed by atoms with Gasteiger partial charge in [-0.05, 0) is 23.1 Å². The van der Waals surface area contributed by atoms with Gasteiger partial charge in [-0.15, -0.1) is 0 Å². The second kappa shape index (κ2) is 9.58. The van der Waals surface area contributed by atoms with E-state index in [1.165, 1.54) is 0 Å². The minimum atomic E-state index is 0.0635. The van der Waals surface area contributed by atoms with E-state index in [1.54, 1.807) is 0 Å². The fraction of sp³-hybridized carbons (Fsp3) is 0.208. The van der Waals surface area contributed by atoms with Crippen LogP contribution in [0.1, 0.15) is 36.0 Å². The highest BCUT2D eigenvalue weighted by Crippen LogP contribution is 2.37. The van der Waals surface area contributed by atoms with Gasteiger partial charge in [0.15, 0.2) is 11.5 Å². The summed E-state index contributed by atoms with van der Waals surface area (Å²) in [6, 6.07) is 25.9. The first-order chi connectivity index (χ1) is 13.3. The van der Waals surface area contributed by atoms with Crippen LogP contribution < -0.4 is 9.47 Å². The summed E-state index contributed by atoms with van der Waals surface area (Å²) in [6.45, 7) is 2.95. The van der Waals surface area contributed by atoms with E-state index in [0.29, 0.717) is 31.1 Å². The Hall–Kier alpha value is -3.07. The molecule has 0 amide bonds. The minimum Gasteiger partial charge on any atom is -0.485 e. The van der Waals surface area contributed by atoms with Crippen LogP contribution >= 0.6 is 0 Å². The standard InChI is InChI=1S/C24H24O3/c1-19(15-16-25)22-13-8-14-23(26-17-20-9-4-2-5-10-20)24(22)27-18-21-11-6-3-7-12-21/h2-14,16,19H,15,17-18H2,1H3. The lowest BCUT2D eigenvalue weighted by Crippen LogP contribution is -2.05. The zero-order valence-corrected chi connectivity index (χ0v) is 15.5. The van der Waals surface area contributed by atoms with Crippen molar-refractivity contribution in [2.24, 2.45) is 0 Å². The van der Waals surface area contributed by atoms with Gasteiger partial charge in [0, 0.05) is 12.0 Å². The maximum atomic E-state index is 11.0. The Kier molecular flexibility index (Phi) is 6.64. The first-order valence-electron chi connectivity index (χ1n) is 9.18. The molecule has 3 rings (SSSR count). The molecule has 0 aliphatic heterocycles. The van der Waals surface area contributed by atoms with Gasteiger partial charge in [0.2, 0.25) is 0 Å². The molecule has 0 N–H and O–H groups in total. The number of rotatable bonds is 9. The summed E-state index contributed by atoms with van der Waals surface area (Å²) < 4.78 is 12.2. The van der Waals surface area contributed by atoms with Crippen molar-refractivity contribution in [3.63, 3.8) is 0 Å². The summed E-state index contributed by atoms with van der Waals surface area (Å²) in [5, 5.41) is 0. The molecule has 0 aliphatic rings. The highest BCUT2D eigenvalue weighted by molar-refractivity contribution is 5.55. The Bertz CT molecular complexity index is 844. The summed E-state index contributed by atoms with van der Waals surface area (Å²) in [5.74, 6) is 1.48. The maximum absolute atomic E-state index is 11.0. The predicted molar refractivity (Wildman–Crippen MR) is 107 cm³/mol. The van der Waals surface area contributed by atoms with Crippen LogP contribution in [0, 0.1) is 0 Å². The van der Waals surface area contributed by atoms with Crippen LogP contribution in [-0.4, -0.2) is 6.29 Å². The summed E-state index contributed by atoms with van der Waals surface area (Å²) in [6.07, 6.45) is 1.40. The molecule has 3 aromatic carbocycles. The number of aldehydes is 1. The van der Waals surface area contributed by atoms with Gasteiger partial charge < -0.3 is 14.3 Å². The first kappa shape index (κ1) is 18.7. The molecule has 3 aromatic rings. The van der Waals surface area contributed by atoms with Gasteiger partial charge in [0.25, 0.3) is 0 Å². The highest BCUT2D eigenvalue weighted by atomic mass is 16.5. The Morgan fingerprint density at radius 3 is 1.96 bits per heavy atom. The van der Waals surface area contributed by atoms with Crippen molar-refractivity contribution >= 4 is 6.29 Å². The SMILES string of the molecule is CC(CC=O)c1cccc(OCc2ccccc2)c1OCc1ccccc1. The van der Waals surface area contributed by atoms with E-state index in [9.17, 15) is 4.79 Å². The molecule has 0 saturated heterocycles. The van der Waals surface area contributed by atoms with Crippen LogP contribution in [0.25, 0.3) is 0 Å². The van der Waals surface area contributed by atoms with Crippen LogP contribution in [0.15, 0.2) is 78.9 Å². The molecule has 0 fully saturated rings. The molecule has 1 unspecified atom stereocenters. The van der Waals surface area contributed by atoms with Crippen LogP contribution in [0.2, 0.25) is 0 Å². The number of ether oxygens (including phenoxy) is 2. The molecule has 0 bridgehead atoms. The summed E-state index contributed by atoms with van der Waals surface area (Å²) >= 11 is 0. The molecule has 1 atom stereocenters. The highest BCUT2D eigenvalue weighted by Gasteiger charge is 2.17. The van der Waals surface area contributed by atoms with Crippen molar-refractivity contribution in [2.45, 2.75) is 32.5 Å². The average molecular weight is 360 g/mol. The lowest BCUT2D eigenvalue weighted by molar-refractivity contribution is -0.108. The average Bonchev–Trinajstić information content (AvgIpc) is 2.72. The maximum Gasteiger partial charge on any atom is 0.165 e. The molecule has 0 aromatic heterocycles. The van der Waals surface area contributed by atoms with Gasteiger partial charge in [-0.25, -0.2) is 0 Å². The third-order valence-corrected chi connectivity index (χ3v) is 4.45. The zero-order chi connectivity index (χ0) is 18.9. The van der Waals surface area contributed by atoms with Gasteiger partial charge in [-0.1, -0.05) is 79.7 Å². The lowest BCUT2D eigenvalue weighted by atomic mass is 9.97. The van der Waals surface area contributed by atoms with E-state index in [0.717, 1.165) is 23.0 Å². The van der Waals surface area contributed by atoms with Gasteiger partial charge >= 0.3 is 0 Å². The molecule has 0 saturated carbocycles.